The molecule has 31 heavy (non-hydrogen) atoms. The Morgan fingerprint density at radius 1 is 1.10 bits per heavy atom. The Labute approximate surface area is 176 Å². The number of aromatic nitrogens is 7. The maximum Gasteiger partial charge on any atom is 0.328 e. The lowest BCUT2D eigenvalue weighted by Gasteiger charge is -2.07. The minimum atomic E-state index is -0.661. The fraction of sp³-hybridized carbons (Fsp3) is 0.136. The van der Waals surface area contributed by atoms with Gasteiger partial charge in [0.05, 0.1) is 24.0 Å². The third-order valence-corrected chi connectivity index (χ3v) is 5.06. The van der Waals surface area contributed by atoms with Crippen LogP contribution in [0.1, 0.15) is 11.3 Å². The van der Waals surface area contributed by atoms with E-state index in [4.69, 9.17) is 0 Å². The van der Waals surface area contributed by atoms with Crippen molar-refractivity contribution in [2.75, 3.05) is 0 Å². The van der Waals surface area contributed by atoms with Crippen LogP contribution in [0.4, 0.5) is 4.39 Å². The molecule has 9 heteroatoms. The van der Waals surface area contributed by atoms with Crippen molar-refractivity contribution >= 4 is 11.2 Å². The predicted octanol–water partition coefficient (Wildman–Crippen LogP) is 3.08. The van der Waals surface area contributed by atoms with Gasteiger partial charge in [-0.25, -0.2) is 24.7 Å². The Bertz CT molecular complexity index is 1460. The number of aryl methyl sites for hydroxylation is 2. The standard InChI is InChI=1S/C22H18FN7O/c1-13-11-29(2)20(26-13)15-7-5-14(6-8-15)12-30-21-17(27-22(30)31)10-25-19(28-21)16-4-3-9-24-18(16)23/h3-11H,12H2,1-2H3,(H,27,31). The highest BCUT2D eigenvalue weighted by molar-refractivity contribution is 5.72. The molecule has 0 amide bonds. The second-order valence-electron chi connectivity index (χ2n) is 7.30. The van der Waals surface area contributed by atoms with Gasteiger partial charge < -0.3 is 9.55 Å². The van der Waals surface area contributed by atoms with Crippen LogP contribution < -0.4 is 5.69 Å². The molecule has 0 atom stereocenters. The Morgan fingerprint density at radius 3 is 2.61 bits per heavy atom. The molecule has 0 radical (unpaired) electrons. The number of imidazole rings is 2. The van der Waals surface area contributed by atoms with Gasteiger partial charge in [0.1, 0.15) is 11.3 Å². The lowest BCUT2D eigenvalue weighted by Crippen LogP contribution is -2.17. The van der Waals surface area contributed by atoms with Crippen molar-refractivity contribution in [2.45, 2.75) is 13.5 Å². The van der Waals surface area contributed by atoms with E-state index in [2.05, 4.69) is 24.9 Å². The number of nitrogens with zero attached hydrogens (tertiary/aromatic N) is 6. The van der Waals surface area contributed by atoms with Crippen molar-refractivity contribution in [3.8, 4) is 22.8 Å². The molecule has 0 aliphatic carbocycles. The van der Waals surface area contributed by atoms with Crippen molar-refractivity contribution in [3.63, 3.8) is 0 Å². The molecule has 0 saturated heterocycles. The van der Waals surface area contributed by atoms with E-state index in [1.807, 2.05) is 49.0 Å². The summed E-state index contributed by atoms with van der Waals surface area (Å²) in [6.07, 6.45) is 4.81. The van der Waals surface area contributed by atoms with Gasteiger partial charge in [0.15, 0.2) is 11.5 Å². The van der Waals surface area contributed by atoms with Gasteiger partial charge >= 0.3 is 5.69 Å². The molecule has 1 aromatic carbocycles. The minimum Gasteiger partial charge on any atom is -0.334 e. The molecule has 0 fully saturated rings. The second kappa shape index (κ2) is 7.28. The monoisotopic (exact) mass is 415 g/mol. The van der Waals surface area contributed by atoms with Crippen LogP contribution >= 0.6 is 0 Å². The number of hydrogen-bond acceptors (Lipinski definition) is 5. The average molecular weight is 415 g/mol. The Kier molecular flexibility index (Phi) is 4.43. The summed E-state index contributed by atoms with van der Waals surface area (Å²) in [5.41, 5.74) is 3.62. The number of rotatable bonds is 4. The summed E-state index contributed by atoms with van der Waals surface area (Å²) in [7, 11) is 1.96. The number of benzene rings is 1. The van der Waals surface area contributed by atoms with E-state index in [1.165, 1.54) is 17.0 Å². The highest BCUT2D eigenvalue weighted by Crippen LogP contribution is 2.21. The number of fused-ring (bicyclic) bond motifs is 1. The van der Waals surface area contributed by atoms with Crippen molar-refractivity contribution < 1.29 is 4.39 Å². The summed E-state index contributed by atoms with van der Waals surface area (Å²) >= 11 is 0. The first kappa shape index (κ1) is 18.9. The van der Waals surface area contributed by atoms with Crippen molar-refractivity contribution in [2.24, 2.45) is 7.05 Å². The molecule has 0 aliphatic rings. The lowest BCUT2D eigenvalue weighted by atomic mass is 10.1. The molecule has 0 bridgehead atoms. The zero-order valence-corrected chi connectivity index (χ0v) is 16.9. The molecule has 0 spiro atoms. The van der Waals surface area contributed by atoms with Crippen LogP contribution in [-0.4, -0.2) is 34.1 Å². The molecule has 0 unspecified atom stereocenters. The van der Waals surface area contributed by atoms with Gasteiger partial charge in [0, 0.05) is 25.0 Å². The normalized spacial score (nSPS) is 11.3. The Balaban J connectivity index is 1.51. The maximum absolute atomic E-state index is 14.1. The smallest absolute Gasteiger partial charge is 0.328 e. The third-order valence-electron chi connectivity index (χ3n) is 5.06. The number of aromatic amines is 1. The molecular weight excluding hydrogens is 397 g/mol. The van der Waals surface area contributed by atoms with Crippen LogP contribution in [0.2, 0.25) is 0 Å². The molecule has 1 N–H and O–H groups in total. The SMILES string of the molecule is Cc1cn(C)c(-c2ccc(Cn3c(=O)[nH]c4cnc(-c5cccnc5F)nc43)cc2)n1. The third kappa shape index (κ3) is 3.39. The van der Waals surface area contributed by atoms with E-state index in [0.717, 1.165) is 22.6 Å². The molecule has 0 saturated carbocycles. The van der Waals surface area contributed by atoms with E-state index in [0.29, 0.717) is 17.7 Å². The largest absolute Gasteiger partial charge is 0.334 e. The number of hydrogen-bond donors (Lipinski definition) is 1. The lowest BCUT2D eigenvalue weighted by molar-refractivity contribution is 0.586. The summed E-state index contributed by atoms with van der Waals surface area (Å²) < 4.78 is 17.5. The molecule has 5 rings (SSSR count). The first-order valence-corrected chi connectivity index (χ1v) is 9.65. The van der Waals surface area contributed by atoms with Gasteiger partial charge in [-0.1, -0.05) is 24.3 Å². The molecule has 8 nitrogen and oxygen atoms in total. The molecule has 4 aromatic heterocycles. The van der Waals surface area contributed by atoms with Gasteiger partial charge in [-0.05, 0) is 24.6 Å². The number of halogens is 1. The van der Waals surface area contributed by atoms with Crippen LogP contribution in [0.5, 0.6) is 0 Å². The number of pyridine rings is 1. The summed E-state index contributed by atoms with van der Waals surface area (Å²) in [5, 5.41) is 0. The Morgan fingerprint density at radius 2 is 1.90 bits per heavy atom. The van der Waals surface area contributed by atoms with Gasteiger partial charge in [-0.2, -0.15) is 4.39 Å². The molecule has 4 heterocycles. The van der Waals surface area contributed by atoms with Crippen molar-refractivity contribution in [3.05, 3.63) is 82.7 Å². The van der Waals surface area contributed by atoms with Crippen LogP contribution in [0, 0.1) is 12.9 Å². The summed E-state index contributed by atoms with van der Waals surface area (Å²) in [5.74, 6) is 0.391. The highest BCUT2D eigenvalue weighted by Gasteiger charge is 2.14. The number of H-pyrrole nitrogens is 1. The van der Waals surface area contributed by atoms with Crippen LogP contribution in [0.3, 0.4) is 0 Å². The van der Waals surface area contributed by atoms with Crippen LogP contribution in [0.15, 0.2) is 59.8 Å². The maximum atomic E-state index is 14.1. The van der Waals surface area contributed by atoms with Crippen LogP contribution in [0.25, 0.3) is 33.9 Å². The first-order chi connectivity index (χ1) is 15.0. The van der Waals surface area contributed by atoms with Gasteiger partial charge in [0.25, 0.3) is 0 Å². The highest BCUT2D eigenvalue weighted by atomic mass is 19.1. The van der Waals surface area contributed by atoms with Crippen LogP contribution in [-0.2, 0) is 13.6 Å². The van der Waals surface area contributed by atoms with E-state index in [-0.39, 0.29) is 17.1 Å². The zero-order chi connectivity index (χ0) is 21.5. The topological polar surface area (TPSA) is 94.3 Å². The summed E-state index contributed by atoms with van der Waals surface area (Å²) in [4.78, 5) is 32.1. The van der Waals surface area contributed by atoms with E-state index >= 15 is 0 Å². The fourth-order valence-electron chi connectivity index (χ4n) is 3.60. The van der Waals surface area contributed by atoms with Gasteiger partial charge in [-0.3, -0.25) is 4.57 Å². The zero-order valence-electron chi connectivity index (χ0n) is 16.9. The second-order valence-corrected chi connectivity index (χ2v) is 7.30. The molecular formula is C22H18FN7O. The fourth-order valence-corrected chi connectivity index (χ4v) is 3.60. The Hall–Kier alpha value is -4.14. The summed E-state index contributed by atoms with van der Waals surface area (Å²) in [6.45, 7) is 2.26. The summed E-state index contributed by atoms with van der Waals surface area (Å²) in [6, 6.07) is 11.0. The van der Waals surface area contributed by atoms with Gasteiger partial charge in [-0.15, -0.1) is 0 Å². The van der Waals surface area contributed by atoms with Gasteiger partial charge in [0.2, 0.25) is 5.95 Å². The quantitative estimate of drug-likeness (QED) is 0.455. The van der Waals surface area contributed by atoms with Crippen molar-refractivity contribution in [1.29, 1.82) is 0 Å². The van der Waals surface area contributed by atoms with Crippen molar-refractivity contribution in [1.82, 2.24) is 34.1 Å². The predicted molar refractivity (Wildman–Crippen MR) is 114 cm³/mol. The van der Waals surface area contributed by atoms with E-state index in [9.17, 15) is 9.18 Å². The molecule has 5 aromatic rings. The minimum absolute atomic E-state index is 0.173. The molecule has 0 aliphatic heterocycles. The average Bonchev–Trinajstić information content (AvgIpc) is 3.26. The number of nitrogens with one attached hydrogen (secondary N) is 1. The molecule has 154 valence electrons. The van der Waals surface area contributed by atoms with E-state index in [1.54, 1.807) is 12.1 Å². The van der Waals surface area contributed by atoms with E-state index < -0.39 is 5.95 Å². The first-order valence-electron chi connectivity index (χ1n) is 9.65.